The summed E-state index contributed by atoms with van der Waals surface area (Å²) in [6.45, 7) is 3.22. The van der Waals surface area contributed by atoms with Crippen LogP contribution in [0.25, 0.3) is 0 Å². The third-order valence-electron chi connectivity index (χ3n) is 3.29. The van der Waals surface area contributed by atoms with Crippen molar-refractivity contribution in [2.75, 3.05) is 0 Å². The summed E-state index contributed by atoms with van der Waals surface area (Å²) in [7, 11) is 0. The van der Waals surface area contributed by atoms with Gasteiger partial charge < -0.3 is 4.57 Å². The zero-order valence-electron chi connectivity index (χ0n) is 9.00. The summed E-state index contributed by atoms with van der Waals surface area (Å²) in [4.78, 5) is 4.14. The maximum atomic E-state index is 4.14. The minimum atomic E-state index is 0.874. The fraction of sp³-hybridized carbons (Fsp3) is 0.750. The van der Waals surface area contributed by atoms with Crippen LogP contribution in [0.15, 0.2) is 6.20 Å². The second-order valence-electron chi connectivity index (χ2n) is 4.43. The van der Waals surface area contributed by atoms with Gasteiger partial charge in [-0.25, -0.2) is 4.98 Å². The van der Waals surface area contributed by atoms with Crippen LogP contribution in [-0.2, 0) is 6.54 Å². The molecule has 1 aromatic rings. The van der Waals surface area contributed by atoms with E-state index >= 15 is 0 Å². The van der Waals surface area contributed by atoms with Gasteiger partial charge in [-0.05, 0) is 25.7 Å². The highest BCUT2D eigenvalue weighted by Crippen LogP contribution is 2.24. The van der Waals surface area contributed by atoms with Crippen molar-refractivity contribution in [3.63, 3.8) is 0 Å². The summed E-state index contributed by atoms with van der Waals surface area (Å²) in [5, 5.41) is 0. The third kappa shape index (κ3) is 2.37. The lowest BCUT2D eigenvalue weighted by Crippen LogP contribution is -2.10. The van der Waals surface area contributed by atoms with Crippen LogP contribution in [0.2, 0.25) is 0 Å². The Morgan fingerprint density at radius 2 is 2.07 bits per heavy atom. The van der Waals surface area contributed by atoms with Crippen molar-refractivity contribution >= 4 is 0 Å². The maximum absolute atomic E-state index is 4.14. The van der Waals surface area contributed by atoms with Crippen LogP contribution in [0.3, 0.4) is 0 Å². The molecule has 0 amide bonds. The summed E-state index contributed by atoms with van der Waals surface area (Å²) >= 11 is 0. The summed E-state index contributed by atoms with van der Waals surface area (Å²) in [5.41, 5.74) is 0. The molecule has 1 radical (unpaired) electrons. The van der Waals surface area contributed by atoms with Gasteiger partial charge in [-0.2, -0.15) is 0 Å². The predicted octanol–water partition coefficient (Wildman–Crippen LogP) is 2.96. The molecule has 0 bridgehead atoms. The molecule has 77 valence electrons. The lowest BCUT2D eigenvalue weighted by Gasteiger charge is -2.15. The molecule has 1 heterocycles. The first-order valence-corrected chi connectivity index (χ1v) is 5.76. The molecule has 0 saturated heterocycles. The SMILES string of the molecule is Cc1n[c]cn1CC1CCCCCC1. The molecular formula is C12H19N2. The summed E-state index contributed by atoms with van der Waals surface area (Å²) < 4.78 is 2.25. The van der Waals surface area contributed by atoms with Crippen LogP contribution < -0.4 is 0 Å². The van der Waals surface area contributed by atoms with Crippen molar-refractivity contribution in [1.82, 2.24) is 9.55 Å². The summed E-state index contributed by atoms with van der Waals surface area (Å²) in [6, 6.07) is 0. The molecule has 2 heteroatoms. The monoisotopic (exact) mass is 191 g/mol. The van der Waals surface area contributed by atoms with Crippen molar-refractivity contribution < 1.29 is 0 Å². The Hall–Kier alpha value is -0.790. The average molecular weight is 191 g/mol. The van der Waals surface area contributed by atoms with Gasteiger partial charge in [0.05, 0.1) is 0 Å². The molecule has 0 aliphatic heterocycles. The van der Waals surface area contributed by atoms with Crippen LogP contribution in [0.5, 0.6) is 0 Å². The zero-order valence-corrected chi connectivity index (χ0v) is 9.00. The smallest absolute Gasteiger partial charge is 0.109 e. The minimum Gasteiger partial charge on any atom is -0.334 e. The Balaban J connectivity index is 1.92. The number of aryl methyl sites for hydroxylation is 1. The molecule has 0 spiro atoms. The highest BCUT2D eigenvalue weighted by atomic mass is 15.1. The highest BCUT2D eigenvalue weighted by molar-refractivity contribution is 4.87. The van der Waals surface area contributed by atoms with Gasteiger partial charge in [0.2, 0.25) is 0 Å². The largest absolute Gasteiger partial charge is 0.334 e. The summed E-state index contributed by atoms with van der Waals surface area (Å²) in [5.74, 6) is 1.98. The normalized spacial score (nSPS) is 19.5. The fourth-order valence-electron chi connectivity index (χ4n) is 2.36. The third-order valence-corrected chi connectivity index (χ3v) is 3.29. The van der Waals surface area contributed by atoms with Gasteiger partial charge in [-0.3, -0.25) is 0 Å². The van der Waals surface area contributed by atoms with Crippen molar-refractivity contribution in [3.8, 4) is 0 Å². The van der Waals surface area contributed by atoms with Crippen LogP contribution in [0.1, 0.15) is 44.3 Å². The molecule has 14 heavy (non-hydrogen) atoms. The molecule has 0 unspecified atom stereocenters. The Kier molecular flexibility index (Phi) is 3.22. The highest BCUT2D eigenvalue weighted by Gasteiger charge is 2.13. The van der Waals surface area contributed by atoms with Gasteiger partial charge in [-0.15, -0.1) is 0 Å². The number of nitrogens with zero attached hydrogens (tertiary/aromatic N) is 2. The molecule has 0 N–H and O–H groups in total. The van der Waals surface area contributed by atoms with E-state index < -0.39 is 0 Å². The second kappa shape index (κ2) is 4.63. The summed E-state index contributed by atoms with van der Waals surface area (Å²) in [6.07, 6.45) is 13.4. The van der Waals surface area contributed by atoms with E-state index in [-0.39, 0.29) is 0 Å². The standard InChI is InChI=1S/C12H19N2/c1-11-13-8-9-14(11)10-12-6-4-2-3-5-7-12/h9,12H,2-7,10H2,1H3. The Morgan fingerprint density at radius 1 is 1.36 bits per heavy atom. The van der Waals surface area contributed by atoms with E-state index in [1.807, 2.05) is 6.20 Å². The van der Waals surface area contributed by atoms with E-state index in [0.717, 1.165) is 18.3 Å². The molecule has 2 rings (SSSR count). The Labute approximate surface area is 86.3 Å². The molecule has 1 aliphatic rings. The van der Waals surface area contributed by atoms with Crippen LogP contribution in [0.4, 0.5) is 0 Å². The lowest BCUT2D eigenvalue weighted by atomic mass is 10.0. The molecular weight excluding hydrogens is 172 g/mol. The maximum Gasteiger partial charge on any atom is 0.109 e. The number of hydrogen-bond donors (Lipinski definition) is 0. The van der Waals surface area contributed by atoms with E-state index in [1.54, 1.807) is 0 Å². The second-order valence-corrected chi connectivity index (χ2v) is 4.43. The van der Waals surface area contributed by atoms with Crippen LogP contribution >= 0.6 is 0 Å². The zero-order chi connectivity index (χ0) is 9.80. The molecule has 0 atom stereocenters. The lowest BCUT2D eigenvalue weighted by molar-refractivity contribution is 0.391. The van der Waals surface area contributed by atoms with E-state index in [1.165, 1.54) is 38.5 Å². The predicted molar refractivity (Wildman–Crippen MR) is 57.0 cm³/mol. The molecule has 2 nitrogen and oxygen atoms in total. The minimum absolute atomic E-state index is 0.874. The number of hydrogen-bond acceptors (Lipinski definition) is 1. The number of aromatic nitrogens is 2. The molecule has 1 aromatic heterocycles. The van der Waals surface area contributed by atoms with E-state index in [4.69, 9.17) is 0 Å². The van der Waals surface area contributed by atoms with Gasteiger partial charge in [0.1, 0.15) is 12.0 Å². The van der Waals surface area contributed by atoms with Gasteiger partial charge >= 0.3 is 0 Å². The first kappa shape index (κ1) is 9.75. The Bertz CT molecular complexity index is 270. The first-order valence-electron chi connectivity index (χ1n) is 5.76. The van der Waals surface area contributed by atoms with E-state index in [9.17, 15) is 0 Å². The van der Waals surface area contributed by atoms with Crippen molar-refractivity contribution in [1.29, 1.82) is 0 Å². The van der Waals surface area contributed by atoms with Crippen molar-refractivity contribution in [2.45, 2.75) is 52.0 Å². The molecule has 1 fully saturated rings. The van der Waals surface area contributed by atoms with E-state index in [0.29, 0.717) is 0 Å². The number of imidazole rings is 1. The molecule has 0 aromatic carbocycles. The van der Waals surface area contributed by atoms with E-state index in [2.05, 4.69) is 22.7 Å². The van der Waals surface area contributed by atoms with Crippen LogP contribution in [0, 0.1) is 19.0 Å². The van der Waals surface area contributed by atoms with Gasteiger partial charge in [-0.1, -0.05) is 25.7 Å². The topological polar surface area (TPSA) is 17.8 Å². The van der Waals surface area contributed by atoms with Crippen molar-refractivity contribution in [3.05, 3.63) is 18.2 Å². The van der Waals surface area contributed by atoms with Gasteiger partial charge in [0, 0.05) is 12.7 Å². The van der Waals surface area contributed by atoms with Gasteiger partial charge in [0.25, 0.3) is 0 Å². The first-order chi connectivity index (χ1) is 6.86. The molecule has 1 saturated carbocycles. The molecule has 1 aliphatic carbocycles. The van der Waals surface area contributed by atoms with Crippen molar-refractivity contribution in [2.24, 2.45) is 5.92 Å². The number of rotatable bonds is 2. The fourth-order valence-corrected chi connectivity index (χ4v) is 2.36. The quantitative estimate of drug-likeness (QED) is 0.657. The van der Waals surface area contributed by atoms with Gasteiger partial charge in [0.15, 0.2) is 0 Å². The van der Waals surface area contributed by atoms with Crippen LogP contribution in [-0.4, -0.2) is 9.55 Å². The Morgan fingerprint density at radius 3 is 2.64 bits per heavy atom. The average Bonchev–Trinajstić information content (AvgIpc) is 2.44.